The number of benzene rings is 1. The van der Waals surface area contributed by atoms with Gasteiger partial charge in [0.05, 0.1) is 10.7 Å². The van der Waals surface area contributed by atoms with E-state index in [0.29, 0.717) is 15.5 Å². The summed E-state index contributed by atoms with van der Waals surface area (Å²) in [6.45, 7) is 2.06. The average molecular weight is 308 g/mol. The van der Waals surface area contributed by atoms with Gasteiger partial charge in [0, 0.05) is 17.1 Å². The van der Waals surface area contributed by atoms with Gasteiger partial charge in [-0.2, -0.15) is 0 Å². The molecule has 2 rings (SSSR count). The summed E-state index contributed by atoms with van der Waals surface area (Å²) in [6, 6.07) is 3.13. The molecule has 0 spiro atoms. The zero-order valence-corrected chi connectivity index (χ0v) is 11.3. The van der Waals surface area contributed by atoms with Crippen molar-refractivity contribution < 1.29 is 4.39 Å². The fourth-order valence-corrected chi connectivity index (χ4v) is 2.86. The smallest absolute Gasteiger partial charge is 0.125 e. The standard InChI is InChI=1S/C11H13BrClFN2/c1-16-3-2-8(6-16)15-11-9(12)4-7(14)5-10(11)13/h4-5,8,15H,2-3,6H2,1H3. The molecule has 0 radical (unpaired) electrons. The van der Waals surface area contributed by atoms with Crippen LogP contribution in [0.2, 0.25) is 5.02 Å². The largest absolute Gasteiger partial charge is 0.379 e. The van der Waals surface area contributed by atoms with Crippen LogP contribution in [0.15, 0.2) is 16.6 Å². The molecule has 1 aromatic carbocycles. The Bertz CT molecular complexity index is 377. The number of nitrogens with one attached hydrogen (secondary N) is 1. The van der Waals surface area contributed by atoms with Gasteiger partial charge in [-0.05, 0) is 48.1 Å². The van der Waals surface area contributed by atoms with Gasteiger partial charge in [0.1, 0.15) is 5.82 Å². The minimum Gasteiger partial charge on any atom is -0.379 e. The number of hydrogen-bond donors (Lipinski definition) is 1. The van der Waals surface area contributed by atoms with Crippen LogP contribution in [0, 0.1) is 5.82 Å². The SMILES string of the molecule is CN1CCC(Nc2c(Cl)cc(F)cc2Br)C1. The molecule has 5 heteroatoms. The zero-order chi connectivity index (χ0) is 11.7. The van der Waals surface area contributed by atoms with E-state index in [2.05, 4.69) is 33.2 Å². The third kappa shape index (κ3) is 2.67. The van der Waals surface area contributed by atoms with E-state index in [1.54, 1.807) is 0 Å². The first-order chi connectivity index (χ1) is 7.56. The lowest BCUT2D eigenvalue weighted by Gasteiger charge is -2.16. The lowest BCUT2D eigenvalue weighted by Crippen LogP contribution is -2.23. The molecule has 1 N–H and O–H groups in total. The van der Waals surface area contributed by atoms with Crippen LogP contribution in [0.1, 0.15) is 6.42 Å². The van der Waals surface area contributed by atoms with Crippen molar-refractivity contribution in [1.82, 2.24) is 4.90 Å². The average Bonchev–Trinajstić information content (AvgIpc) is 2.58. The summed E-state index contributed by atoms with van der Waals surface area (Å²) in [6.07, 6.45) is 1.08. The van der Waals surface area contributed by atoms with Crippen molar-refractivity contribution in [3.63, 3.8) is 0 Å². The van der Waals surface area contributed by atoms with Crippen LogP contribution in [0.5, 0.6) is 0 Å². The van der Waals surface area contributed by atoms with E-state index in [4.69, 9.17) is 11.6 Å². The molecule has 1 aliphatic rings. The molecule has 0 amide bonds. The molecule has 0 saturated carbocycles. The van der Waals surface area contributed by atoms with E-state index < -0.39 is 0 Å². The molecule has 1 atom stereocenters. The number of likely N-dealkylation sites (N-methyl/N-ethyl adjacent to an activating group) is 1. The molecule has 1 saturated heterocycles. The molecule has 1 heterocycles. The molecular formula is C11H13BrClFN2. The summed E-state index contributed by atoms with van der Waals surface area (Å²) in [4.78, 5) is 2.25. The van der Waals surface area contributed by atoms with E-state index in [-0.39, 0.29) is 5.82 Å². The Kier molecular flexibility index (Phi) is 3.72. The summed E-state index contributed by atoms with van der Waals surface area (Å²) in [5.74, 6) is -0.328. The van der Waals surface area contributed by atoms with Crippen LogP contribution >= 0.6 is 27.5 Å². The molecule has 0 aliphatic carbocycles. The monoisotopic (exact) mass is 306 g/mol. The van der Waals surface area contributed by atoms with Crippen LogP contribution in [-0.4, -0.2) is 31.1 Å². The maximum atomic E-state index is 13.0. The van der Waals surface area contributed by atoms with Gasteiger partial charge < -0.3 is 10.2 Å². The van der Waals surface area contributed by atoms with Gasteiger partial charge in [-0.1, -0.05) is 11.6 Å². The highest BCUT2D eigenvalue weighted by molar-refractivity contribution is 9.10. The minimum absolute atomic E-state index is 0.328. The predicted molar refractivity (Wildman–Crippen MR) is 68.6 cm³/mol. The topological polar surface area (TPSA) is 15.3 Å². The Morgan fingerprint density at radius 3 is 2.88 bits per heavy atom. The van der Waals surface area contributed by atoms with Crippen LogP contribution in [0.3, 0.4) is 0 Å². The van der Waals surface area contributed by atoms with Crippen molar-refractivity contribution in [3.05, 3.63) is 27.4 Å². The van der Waals surface area contributed by atoms with Gasteiger partial charge >= 0.3 is 0 Å². The van der Waals surface area contributed by atoms with E-state index >= 15 is 0 Å². The first-order valence-electron chi connectivity index (χ1n) is 5.16. The maximum Gasteiger partial charge on any atom is 0.125 e. The summed E-state index contributed by atoms with van der Waals surface area (Å²) in [5.41, 5.74) is 0.781. The third-order valence-electron chi connectivity index (χ3n) is 2.75. The van der Waals surface area contributed by atoms with Crippen molar-refractivity contribution in [2.45, 2.75) is 12.5 Å². The molecule has 1 aromatic rings. The van der Waals surface area contributed by atoms with Crippen LogP contribution in [-0.2, 0) is 0 Å². The third-order valence-corrected chi connectivity index (χ3v) is 3.67. The lowest BCUT2D eigenvalue weighted by atomic mass is 10.2. The highest BCUT2D eigenvalue weighted by atomic mass is 79.9. The van der Waals surface area contributed by atoms with E-state index in [0.717, 1.165) is 25.2 Å². The van der Waals surface area contributed by atoms with Gasteiger partial charge in [-0.15, -0.1) is 0 Å². The van der Waals surface area contributed by atoms with Crippen molar-refractivity contribution in [3.8, 4) is 0 Å². The quantitative estimate of drug-likeness (QED) is 0.901. The van der Waals surface area contributed by atoms with E-state index in [1.807, 2.05) is 0 Å². The molecule has 1 unspecified atom stereocenters. The lowest BCUT2D eigenvalue weighted by molar-refractivity contribution is 0.414. The number of rotatable bonds is 2. The fraction of sp³-hybridized carbons (Fsp3) is 0.455. The van der Waals surface area contributed by atoms with Gasteiger partial charge in [-0.25, -0.2) is 4.39 Å². The number of hydrogen-bond acceptors (Lipinski definition) is 2. The van der Waals surface area contributed by atoms with Gasteiger partial charge in [-0.3, -0.25) is 0 Å². The molecule has 0 bridgehead atoms. The Hall–Kier alpha value is -0.320. The molecule has 0 aromatic heterocycles. The predicted octanol–water partition coefficient (Wildman–Crippen LogP) is 3.36. The molecule has 2 nitrogen and oxygen atoms in total. The second-order valence-electron chi connectivity index (χ2n) is 4.14. The number of likely N-dealkylation sites (tertiary alicyclic amines) is 1. The Balaban J connectivity index is 2.15. The van der Waals surface area contributed by atoms with Crippen molar-refractivity contribution in [2.75, 3.05) is 25.5 Å². The van der Waals surface area contributed by atoms with E-state index in [1.165, 1.54) is 12.1 Å². The van der Waals surface area contributed by atoms with Gasteiger partial charge in [0.15, 0.2) is 0 Å². The molecule has 1 aliphatic heterocycles. The van der Waals surface area contributed by atoms with Crippen LogP contribution in [0.4, 0.5) is 10.1 Å². The summed E-state index contributed by atoms with van der Waals surface area (Å²) in [7, 11) is 2.09. The molecular weight excluding hydrogens is 294 g/mol. The first kappa shape index (κ1) is 12.1. The van der Waals surface area contributed by atoms with Gasteiger partial charge in [0.2, 0.25) is 0 Å². The summed E-state index contributed by atoms with van der Waals surface area (Å²) < 4.78 is 13.7. The fourth-order valence-electron chi connectivity index (χ4n) is 1.94. The second kappa shape index (κ2) is 4.90. The number of nitrogens with zero attached hydrogens (tertiary/aromatic N) is 1. The van der Waals surface area contributed by atoms with Gasteiger partial charge in [0.25, 0.3) is 0 Å². The Labute approximate surface area is 108 Å². The molecule has 1 fully saturated rings. The second-order valence-corrected chi connectivity index (χ2v) is 5.40. The van der Waals surface area contributed by atoms with Crippen molar-refractivity contribution in [1.29, 1.82) is 0 Å². The van der Waals surface area contributed by atoms with Crippen molar-refractivity contribution >= 4 is 33.2 Å². The number of anilines is 1. The minimum atomic E-state index is -0.328. The maximum absolute atomic E-state index is 13.0. The number of halogens is 3. The normalized spacial score (nSPS) is 21.4. The highest BCUT2D eigenvalue weighted by Crippen LogP contribution is 2.33. The zero-order valence-electron chi connectivity index (χ0n) is 8.93. The van der Waals surface area contributed by atoms with Crippen molar-refractivity contribution in [2.24, 2.45) is 0 Å². The Morgan fingerprint density at radius 1 is 1.56 bits per heavy atom. The summed E-state index contributed by atoms with van der Waals surface area (Å²) in [5, 5.41) is 3.77. The highest BCUT2D eigenvalue weighted by Gasteiger charge is 2.21. The molecule has 16 heavy (non-hydrogen) atoms. The Morgan fingerprint density at radius 2 is 2.31 bits per heavy atom. The van der Waals surface area contributed by atoms with Crippen LogP contribution in [0.25, 0.3) is 0 Å². The van der Waals surface area contributed by atoms with Crippen LogP contribution < -0.4 is 5.32 Å². The molecule has 88 valence electrons. The van der Waals surface area contributed by atoms with E-state index in [9.17, 15) is 4.39 Å². The first-order valence-corrected chi connectivity index (χ1v) is 6.33. The summed E-state index contributed by atoms with van der Waals surface area (Å²) >= 11 is 9.32.